The molecule has 0 heterocycles. The Balaban J connectivity index is 2.85. The van der Waals surface area contributed by atoms with E-state index in [1.54, 1.807) is 13.8 Å². The second kappa shape index (κ2) is 7.59. The summed E-state index contributed by atoms with van der Waals surface area (Å²) in [5, 5.41) is 2.65. The van der Waals surface area contributed by atoms with Crippen molar-refractivity contribution < 1.29 is 18.7 Å². The number of carbonyl (C=O) groups excluding carboxylic acids is 2. The molecule has 0 saturated heterocycles. The van der Waals surface area contributed by atoms with Gasteiger partial charge in [0.1, 0.15) is 5.82 Å². The number of hydrogen-bond donors (Lipinski definition) is 2. The first-order chi connectivity index (χ1) is 9.43. The quantitative estimate of drug-likeness (QED) is 0.770. The molecule has 110 valence electrons. The van der Waals surface area contributed by atoms with E-state index in [-0.39, 0.29) is 24.8 Å². The van der Waals surface area contributed by atoms with Crippen LogP contribution in [0.5, 0.6) is 0 Å². The van der Waals surface area contributed by atoms with Gasteiger partial charge in [-0.1, -0.05) is 12.1 Å². The molecule has 1 aromatic rings. The normalized spacial score (nSPS) is 13.4. The predicted molar refractivity (Wildman–Crippen MR) is 72.2 cm³/mol. The summed E-state index contributed by atoms with van der Waals surface area (Å²) in [4.78, 5) is 23.2. The maximum absolute atomic E-state index is 12.9. The highest BCUT2D eigenvalue weighted by molar-refractivity contribution is 5.82. The zero-order valence-electron chi connectivity index (χ0n) is 11.6. The first-order valence-corrected chi connectivity index (χ1v) is 6.41. The van der Waals surface area contributed by atoms with Crippen LogP contribution in [-0.2, 0) is 14.3 Å². The predicted octanol–water partition coefficient (Wildman–Crippen LogP) is 1.28. The third-order valence-corrected chi connectivity index (χ3v) is 2.68. The highest BCUT2D eigenvalue weighted by atomic mass is 19.1. The first kappa shape index (κ1) is 16.1. The third kappa shape index (κ3) is 4.97. The summed E-state index contributed by atoms with van der Waals surface area (Å²) in [5.74, 6) is -1.21. The monoisotopic (exact) mass is 282 g/mol. The number of amides is 1. The molecular weight excluding hydrogens is 263 g/mol. The summed E-state index contributed by atoms with van der Waals surface area (Å²) in [6, 6.07) is 4.28. The summed E-state index contributed by atoms with van der Waals surface area (Å²) in [5.41, 5.74) is 6.11. The number of nitrogens with two attached hydrogens (primary N) is 1. The molecule has 1 rings (SSSR count). The Morgan fingerprint density at radius 3 is 2.45 bits per heavy atom. The number of halogens is 1. The van der Waals surface area contributed by atoms with Crippen LogP contribution < -0.4 is 11.1 Å². The lowest BCUT2D eigenvalue weighted by Crippen LogP contribution is -2.41. The van der Waals surface area contributed by atoms with Gasteiger partial charge in [-0.15, -0.1) is 0 Å². The van der Waals surface area contributed by atoms with Crippen molar-refractivity contribution in [3.63, 3.8) is 0 Å². The van der Waals surface area contributed by atoms with Gasteiger partial charge in [0.2, 0.25) is 5.91 Å². The molecule has 1 aromatic carbocycles. The lowest BCUT2D eigenvalue weighted by molar-refractivity contribution is -0.143. The molecule has 0 aliphatic rings. The van der Waals surface area contributed by atoms with Gasteiger partial charge < -0.3 is 15.8 Å². The van der Waals surface area contributed by atoms with Gasteiger partial charge in [-0.05, 0) is 31.5 Å². The summed E-state index contributed by atoms with van der Waals surface area (Å²) < 4.78 is 17.8. The van der Waals surface area contributed by atoms with Crippen LogP contribution in [0.2, 0.25) is 0 Å². The fraction of sp³-hybridized carbons (Fsp3) is 0.429. The van der Waals surface area contributed by atoms with E-state index in [0.29, 0.717) is 5.56 Å². The number of ether oxygens (including phenoxy) is 1. The van der Waals surface area contributed by atoms with E-state index in [1.165, 1.54) is 24.3 Å². The standard InChI is InChI=1S/C14H19FN2O3/c1-3-20-13(18)8-12(17-14(19)9(2)16)10-4-6-11(15)7-5-10/h4-7,9,12H,3,8,16H2,1-2H3,(H,17,19)/t9-,12?/m1/s1. The van der Waals surface area contributed by atoms with Crippen LogP contribution >= 0.6 is 0 Å². The number of esters is 1. The Morgan fingerprint density at radius 2 is 1.95 bits per heavy atom. The SMILES string of the molecule is CCOC(=O)CC(NC(=O)[C@@H](C)N)c1ccc(F)cc1. The minimum atomic E-state index is -0.694. The molecule has 0 fully saturated rings. The van der Waals surface area contributed by atoms with Gasteiger partial charge >= 0.3 is 5.97 Å². The maximum Gasteiger partial charge on any atom is 0.308 e. The molecule has 1 unspecified atom stereocenters. The largest absolute Gasteiger partial charge is 0.466 e. The van der Waals surface area contributed by atoms with Crippen LogP contribution in [0, 0.1) is 5.82 Å². The molecule has 0 bridgehead atoms. The topological polar surface area (TPSA) is 81.4 Å². The fourth-order valence-electron chi connectivity index (χ4n) is 1.64. The Labute approximate surface area is 117 Å². The number of hydrogen-bond acceptors (Lipinski definition) is 4. The van der Waals surface area contributed by atoms with E-state index in [2.05, 4.69) is 5.32 Å². The van der Waals surface area contributed by atoms with Crippen LogP contribution in [0.3, 0.4) is 0 Å². The molecule has 0 aliphatic heterocycles. The zero-order chi connectivity index (χ0) is 15.1. The van der Waals surface area contributed by atoms with Crippen LogP contribution in [0.1, 0.15) is 31.9 Å². The summed E-state index contributed by atoms with van der Waals surface area (Å²) in [7, 11) is 0. The summed E-state index contributed by atoms with van der Waals surface area (Å²) >= 11 is 0. The van der Waals surface area contributed by atoms with E-state index in [1.807, 2.05) is 0 Å². The van der Waals surface area contributed by atoms with Gasteiger partial charge in [0, 0.05) is 0 Å². The summed E-state index contributed by atoms with van der Waals surface area (Å²) in [6.45, 7) is 3.50. The second-order valence-electron chi connectivity index (χ2n) is 4.41. The minimum Gasteiger partial charge on any atom is -0.466 e. The van der Waals surface area contributed by atoms with Crippen molar-refractivity contribution in [3.05, 3.63) is 35.6 Å². The molecule has 6 heteroatoms. The van der Waals surface area contributed by atoms with Crippen LogP contribution in [-0.4, -0.2) is 24.5 Å². The Bertz CT molecular complexity index is 460. The van der Waals surface area contributed by atoms with Crippen molar-refractivity contribution in [1.29, 1.82) is 0 Å². The van der Waals surface area contributed by atoms with Crippen molar-refractivity contribution in [1.82, 2.24) is 5.32 Å². The van der Waals surface area contributed by atoms with Crippen LogP contribution in [0.25, 0.3) is 0 Å². The van der Waals surface area contributed by atoms with E-state index < -0.39 is 18.1 Å². The number of rotatable bonds is 6. The first-order valence-electron chi connectivity index (χ1n) is 6.41. The highest BCUT2D eigenvalue weighted by Crippen LogP contribution is 2.18. The summed E-state index contributed by atoms with van der Waals surface area (Å²) in [6.07, 6.45) is -0.0298. The zero-order valence-corrected chi connectivity index (χ0v) is 11.6. The molecule has 0 radical (unpaired) electrons. The van der Waals surface area contributed by atoms with E-state index in [0.717, 1.165) is 0 Å². The molecular formula is C14H19FN2O3. The van der Waals surface area contributed by atoms with Gasteiger partial charge in [0.05, 0.1) is 25.1 Å². The van der Waals surface area contributed by atoms with Gasteiger partial charge in [0.15, 0.2) is 0 Å². The molecule has 0 spiro atoms. The van der Waals surface area contributed by atoms with Crippen molar-refractivity contribution in [2.45, 2.75) is 32.4 Å². The van der Waals surface area contributed by atoms with Crippen LogP contribution in [0.15, 0.2) is 24.3 Å². The van der Waals surface area contributed by atoms with Gasteiger partial charge in [-0.3, -0.25) is 9.59 Å². The molecule has 1 amide bonds. The number of nitrogens with one attached hydrogen (secondary N) is 1. The average Bonchev–Trinajstić information content (AvgIpc) is 2.39. The number of benzene rings is 1. The molecule has 0 aliphatic carbocycles. The molecule has 0 aromatic heterocycles. The second-order valence-corrected chi connectivity index (χ2v) is 4.41. The Morgan fingerprint density at radius 1 is 1.35 bits per heavy atom. The molecule has 20 heavy (non-hydrogen) atoms. The van der Waals surface area contributed by atoms with Gasteiger partial charge in [-0.2, -0.15) is 0 Å². The lowest BCUT2D eigenvalue weighted by Gasteiger charge is -2.19. The molecule has 2 atom stereocenters. The number of carbonyl (C=O) groups is 2. The maximum atomic E-state index is 12.9. The van der Waals surface area contributed by atoms with Gasteiger partial charge in [0.25, 0.3) is 0 Å². The molecule has 0 saturated carbocycles. The Hall–Kier alpha value is -1.95. The lowest BCUT2D eigenvalue weighted by atomic mass is 10.0. The van der Waals surface area contributed by atoms with E-state index in [4.69, 9.17) is 10.5 Å². The van der Waals surface area contributed by atoms with E-state index >= 15 is 0 Å². The van der Waals surface area contributed by atoms with Gasteiger partial charge in [-0.25, -0.2) is 4.39 Å². The third-order valence-electron chi connectivity index (χ3n) is 2.68. The molecule has 3 N–H and O–H groups in total. The Kier molecular flexibility index (Phi) is 6.11. The molecule has 5 nitrogen and oxygen atoms in total. The van der Waals surface area contributed by atoms with Crippen molar-refractivity contribution in [2.75, 3.05) is 6.61 Å². The fourth-order valence-corrected chi connectivity index (χ4v) is 1.64. The smallest absolute Gasteiger partial charge is 0.308 e. The van der Waals surface area contributed by atoms with Crippen LogP contribution in [0.4, 0.5) is 4.39 Å². The van der Waals surface area contributed by atoms with Crippen molar-refractivity contribution in [3.8, 4) is 0 Å². The van der Waals surface area contributed by atoms with Crippen molar-refractivity contribution >= 4 is 11.9 Å². The van der Waals surface area contributed by atoms with E-state index in [9.17, 15) is 14.0 Å². The minimum absolute atomic E-state index is 0.0298. The van der Waals surface area contributed by atoms with Crippen molar-refractivity contribution in [2.24, 2.45) is 5.73 Å². The average molecular weight is 282 g/mol. The highest BCUT2D eigenvalue weighted by Gasteiger charge is 2.20.